The zero-order valence-corrected chi connectivity index (χ0v) is 28.0. The van der Waals surface area contributed by atoms with E-state index >= 15 is 0 Å². The number of fused-ring (bicyclic) bond motifs is 2. The maximum absolute atomic E-state index is 12.6. The first-order valence-electron chi connectivity index (χ1n) is 16.4. The Bertz CT molecular complexity index is 1230. The first kappa shape index (κ1) is 36.9. The quantitative estimate of drug-likeness (QED) is 0.162. The Hall–Kier alpha value is -1.92. The number of benzene rings is 2. The van der Waals surface area contributed by atoms with E-state index in [1.165, 1.54) is 12.1 Å². The molecule has 0 spiro atoms. The summed E-state index contributed by atoms with van der Waals surface area (Å²) in [4.78, 5) is 0. The average Bonchev–Trinajstić information content (AvgIpc) is 3.39. The van der Waals surface area contributed by atoms with Crippen molar-refractivity contribution in [3.8, 4) is 5.75 Å². The molecule has 4 rings (SSSR count). The minimum Gasteiger partial charge on any atom is -0.484 e. The second kappa shape index (κ2) is 16.5. The average molecular weight is 673 g/mol. The van der Waals surface area contributed by atoms with Crippen molar-refractivity contribution < 1.29 is 46.7 Å². The van der Waals surface area contributed by atoms with Gasteiger partial charge in [0.05, 0.1) is 12.7 Å². The largest absolute Gasteiger partial charge is 0.484 e. The summed E-state index contributed by atoms with van der Waals surface area (Å²) in [7, 11) is 0. The van der Waals surface area contributed by atoms with E-state index in [2.05, 4.69) is 20.8 Å². The van der Waals surface area contributed by atoms with Gasteiger partial charge in [-0.3, -0.25) is 0 Å². The molecule has 2 aromatic rings. The van der Waals surface area contributed by atoms with Crippen LogP contribution < -0.4 is 4.74 Å². The van der Waals surface area contributed by atoms with E-state index in [0.717, 1.165) is 49.7 Å². The predicted molar refractivity (Wildman–Crippen MR) is 169 cm³/mol. The highest BCUT2D eigenvalue weighted by atomic mass is 35.5. The van der Waals surface area contributed by atoms with Crippen molar-refractivity contribution in [2.24, 2.45) is 0 Å². The van der Waals surface area contributed by atoms with Crippen LogP contribution in [0.15, 0.2) is 42.5 Å². The van der Waals surface area contributed by atoms with Crippen LogP contribution in [-0.2, 0) is 35.9 Å². The molecule has 0 amide bonds. The fourth-order valence-electron chi connectivity index (χ4n) is 5.95. The van der Waals surface area contributed by atoms with Crippen LogP contribution >= 0.6 is 11.6 Å². The Morgan fingerprint density at radius 1 is 0.913 bits per heavy atom. The van der Waals surface area contributed by atoms with Crippen molar-refractivity contribution >= 4 is 11.6 Å². The molecule has 0 saturated carbocycles. The van der Waals surface area contributed by atoms with Crippen molar-refractivity contribution in [2.45, 2.75) is 115 Å². The molecule has 2 heterocycles. The zero-order chi connectivity index (χ0) is 33.4. The van der Waals surface area contributed by atoms with Gasteiger partial charge < -0.3 is 33.5 Å². The number of halogens is 4. The fraction of sp³-hybridized carbons (Fsp3) is 0.657. The van der Waals surface area contributed by atoms with Crippen molar-refractivity contribution in [3.05, 3.63) is 64.2 Å². The molecule has 46 heavy (non-hydrogen) atoms. The van der Waals surface area contributed by atoms with Crippen molar-refractivity contribution in [3.63, 3.8) is 0 Å². The Morgan fingerprint density at radius 3 is 2.11 bits per heavy atom. The lowest BCUT2D eigenvalue weighted by atomic mass is 9.80. The topological polar surface area (TPSA) is 75.6 Å². The van der Waals surface area contributed by atoms with Gasteiger partial charge in [0.1, 0.15) is 29.7 Å². The van der Waals surface area contributed by atoms with E-state index in [-0.39, 0.29) is 12.4 Å². The Kier molecular flexibility index (Phi) is 13.2. The van der Waals surface area contributed by atoms with Gasteiger partial charge in [0.15, 0.2) is 6.61 Å². The van der Waals surface area contributed by atoms with E-state index in [0.29, 0.717) is 36.8 Å². The van der Waals surface area contributed by atoms with E-state index in [1.54, 1.807) is 25.1 Å². The number of hydrogen-bond acceptors (Lipinski definition) is 7. The molecule has 2 aliphatic heterocycles. The number of rotatable bonds is 18. The van der Waals surface area contributed by atoms with Gasteiger partial charge in [-0.25, -0.2) is 0 Å². The summed E-state index contributed by atoms with van der Waals surface area (Å²) in [5.74, 6) is -1.29. The molecule has 7 nitrogen and oxygen atoms in total. The predicted octanol–water partition coefficient (Wildman–Crippen LogP) is 7.76. The lowest BCUT2D eigenvalue weighted by Gasteiger charge is -2.52. The van der Waals surface area contributed by atoms with E-state index in [1.807, 2.05) is 12.1 Å². The summed E-state index contributed by atoms with van der Waals surface area (Å²) >= 11 is 6.69. The molecule has 258 valence electrons. The van der Waals surface area contributed by atoms with Crippen LogP contribution in [0.4, 0.5) is 13.2 Å². The van der Waals surface area contributed by atoms with Crippen LogP contribution in [-0.4, -0.2) is 74.3 Å². The van der Waals surface area contributed by atoms with Gasteiger partial charge in [-0.2, -0.15) is 13.2 Å². The highest BCUT2D eigenvalue weighted by molar-refractivity contribution is 6.31. The van der Waals surface area contributed by atoms with Gasteiger partial charge >= 0.3 is 6.18 Å². The van der Waals surface area contributed by atoms with E-state index in [9.17, 15) is 18.3 Å². The van der Waals surface area contributed by atoms with Crippen LogP contribution in [0, 0.1) is 0 Å². The molecule has 0 aromatic heterocycles. The van der Waals surface area contributed by atoms with Crippen molar-refractivity contribution in [1.29, 1.82) is 0 Å². The van der Waals surface area contributed by atoms with Gasteiger partial charge in [-0.05, 0) is 68.0 Å². The fourth-order valence-corrected chi connectivity index (χ4v) is 6.13. The molecular weight excluding hydrogens is 625 g/mol. The second-order valence-corrected chi connectivity index (χ2v) is 12.6. The van der Waals surface area contributed by atoms with Crippen LogP contribution in [0.25, 0.3) is 0 Å². The SMILES string of the molecule is CCCCO[C@@H]1[C@@H](OCCCC)[C@@]2(c3ccc(Cl)c(Cc4ccc(OCC(F)(F)F)cc4)c3)OC[C@](C(C)O)(O2)[C@H]1OCCCC. The van der Waals surface area contributed by atoms with Crippen LogP contribution in [0.5, 0.6) is 5.75 Å². The van der Waals surface area contributed by atoms with Crippen LogP contribution in [0.2, 0.25) is 5.02 Å². The summed E-state index contributed by atoms with van der Waals surface area (Å²) in [5.41, 5.74) is 1.04. The Morgan fingerprint density at radius 2 is 1.52 bits per heavy atom. The molecule has 2 saturated heterocycles. The number of hydrogen-bond donors (Lipinski definition) is 1. The molecule has 11 heteroatoms. The summed E-state index contributed by atoms with van der Waals surface area (Å²) in [6, 6.07) is 12.0. The third kappa shape index (κ3) is 8.56. The van der Waals surface area contributed by atoms with Gasteiger partial charge in [0, 0.05) is 30.4 Å². The standard InChI is InChI=1S/C35H48ClF3O7/c1-5-8-17-41-30-31(42-18-9-6-2)33(24(4)40)22-45-35(46-33,32(30)43-19-10-7-3)27-13-16-29(36)26(21-27)20-25-11-14-28(15-12-25)44-23-34(37,38)39/h11-16,21,24,30-32,40H,5-10,17-20,22-23H2,1-4H3/t24?,30-,31-,32+,33+,35-/m0/s1. The molecule has 6 atom stereocenters. The molecule has 2 fully saturated rings. The van der Waals surface area contributed by atoms with Crippen LogP contribution in [0.3, 0.4) is 0 Å². The van der Waals surface area contributed by atoms with E-state index < -0.39 is 48.6 Å². The van der Waals surface area contributed by atoms with Gasteiger partial charge in [0.25, 0.3) is 0 Å². The highest BCUT2D eigenvalue weighted by Crippen LogP contribution is 2.54. The van der Waals surface area contributed by atoms with Crippen molar-refractivity contribution in [2.75, 3.05) is 33.0 Å². The first-order valence-corrected chi connectivity index (χ1v) is 16.8. The molecule has 0 aliphatic carbocycles. The van der Waals surface area contributed by atoms with Crippen molar-refractivity contribution in [1.82, 2.24) is 0 Å². The lowest BCUT2D eigenvalue weighted by molar-refractivity contribution is -0.355. The molecule has 1 unspecified atom stereocenters. The second-order valence-electron chi connectivity index (χ2n) is 12.2. The third-order valence-corrected chi connectivity index (χ3v) is 8.95. The molecule has 1 N–H and O–H groups in total. The third-order valence-electron chi connectivity index (χ3n) is 8.58. The maximum Gasteiger partial charge on any atom is 0.422 e. The molecule has 0 radical (unpaired) electrons. The number of aliphatic hydroxyl groups excluding tert-OH is 1. The monoisotopic (exact) mass is 672 g/mol. The number of unbranched alkanes of at least 4 members (excludes halogenated alkanes) is 3. The highest BCUT2D eigenvalue weighted by Gasteiger charge is 2.70. The summed E-state index contributed by atoms with van der Waals surface area (Å²) < 4.78 is 75.8. The first-order chi connectivity index (χ1) is 22.0. The van der Waals surface area contributed by atoms with Gasteiger partial charge in [-0.1, -0.05) is 69.8 Å². The van der Waals surface area contributed by atoms with Gasteiger partial charge in [-0.15, -0.1) is 0 Å². The number of ether oxygens (including phenoxy) is 6. The molecule has 2 aromatic carbocycles. The summed E-state index contributed by atoms with van der Waals surface area (Å²) in [6.07, 6.45) is -1.55. The number of alkyl halides is 3. The molecule has 2 bridgehead atoms. The normalized spacial score (nSPS) is 26.8. The van der Waals surface area contributed by atoms with E-state index in [4.69, 9.17) is 40.0 Å². The smallest absolute Gasteiger partial charge is 0.422 e. The molecule has 2 aliphatic rings. The molecular formula is C35H48ClF3O7. The maximum atomic E-state index is 12.6. The Labute approximate surface area is 275 Å². The summed E-state index contributed by atoms with van der Waals surface area (Å²) in [6.45, 7) is 8.10. The minimum absolute atomic E-state index is 0.0695. The van der Waals surface area contributed by atoms with Crippen LogP contribution in [0.1, 0.15) is 82.9 Å². The Balaban J connectivity index is 1.71. The summed E-state index contributed by atoms with van der Waals surface area (Å²) in [5, 5.41) is 11.8. The zero-order valence-electron chi connectivity index (χ0n) is 27.2. The lowest BCUT2D eigenvalue weighted by Crippen LogP contribution is -2.69. The number of aliphatic hydroxyl groups is 1. The van der Waals surface area contributed by atoms with Gasteiger partial charge in [0.2, 0.25) is 5.79 Å². The minimum atomic E-state index is -4.42.